The highest BCUT2D eigenvalue weighted by atomic mass is 16.5. The van der Waals surface area contributed by atoms with Gasteiger partial charge in [0.2, 0.25) is 0 Å². The van der Waals surface area contributed by atoms with Crippen molar-refractivity contribution in [3.8, 4) is 11.5 Å². The first-order valence-electron chi connectivity index (χ1n) is 6.83. The predicted molar refractivity (Wildman–Crippen MR) is 73.2 cm³/mol. The minimum absolute atomic E-state index is 0.165. The second-order valence-electron chi connectivity index (χ2n) is 5.15. The average molecular weight is 249 g/mol. The first kappa shape index (κ1) is 13.2. The van der Waals surface area contributed by atoms with Gasteiger partial charge in [0, 0.05) is 6.04 Å². The molecule has 0 saturated heterocycles. The molecule has 1 aromatic carbocycles. The van der Waals surface area contributed by atoms with Crippen LogP contribution in [0.1, 0.15) is 32.3 Å². The summed E-state index contributed by atoms with van der Waals surface area (Å²) in [4.78, 5) is 0. The van der Waals surface area contributed by atoms with E-state index in [0.29, 0.717) is 6.61 Å². The van der Waals surface area contributed by atoms with E-state index in [-0.39, 0.29) is 6.04 Å². The van der Waals surface area contributed by atoms with Crippen LogP contribution in [0.5, 0.6) is 11.5 Å². The van der Waals surface area contributed by atoms with Crippen molar-refractivity contribution < 1.29 is 9.47 Å². The van der Waals surface area contributed by atoms with E-state index < -0.39 is 0 Å². The molecular weight excluding hydrogens is 226 g/mol. The SMILES string of the molecule is CCOc1cc(CC(C)N)ccc1OCC1CC1. The molecule has 0 aromatic heterocycles. The van der Waals surface area contributed by atoms with Gasteiger partial charge in [-0.25, -0.2) is 0 Å². The lowest BCUT2D eigenvalue weighted by atomic mass is 10.1. The van der Waals surface area contributed by atoms with Crippen LogP contribution in [0.2, 0.25) is 0 Å². The first-order chi connectivity index (χ1) is 8.69. The number of rotatable bonds is 7. The van der Waals surface area contributed by atoms with Gasteiger partial charge in [-0.1, -0.05) is 6.07 Å². The summed E-state index contributed by atoms with van der Waals surface area (Å²) in [5.74, 6) is 2.46. The summed E-state index contributed by atoms with van der Waals surface area (Å²) in [6.07, 6.45) is 3.46. The summed E-state index contributed by atoms with van der Waals surface area (Å²) in [6.45, 7) is 5.47. The Morgan fingerprint density at radius 2 is 2.06 bits per heavy atom. The molecule has 3 heteroatoms. The Morgan fingerprint density at radius 3 is 2.67 bits per heavy atom. The van der Waals surface area contributed by atoms with Gasteiger partial charge in [0.05, 0.1) is 13.2 Å². The molecule has 1 atom stereocenters. The van der Waals surface area contributed by atoms with Crippen LogP contribution in [-0.4, -0.2) is 19.3 Å². The maximum absolute atomic E-state index is 5.82. The maximum Gasteiger partial charge on any atom is 0.161 e. The Labute approximate surface area is 109 Å². The fourth-order valence-electron chi connectivity index (χ4n) is 1.93. The van der Waals surface area contributed by atoms with Gasteiger partial charge in [-0.05, 0) is 56.7 Å². The fourth-order valence-corrected chi connectivity index (χ4v) is 1.93. The van der Waals surface area contributed by atoms with E-state index in [2.05, 4.69) is 12.1 Å². The normalized spacial score (nSPS) is 16.4. The average Bonchev–Trinajstić information content (AvgIpc) is 3.11. The smallest absolute Gasteiger partial charge is 0.161 e. The fraction of sp³-hybridized carbons (Fsp3) is 0.600. The zero-order chi connectivity index (χ0) is 13.0. The quantitative estimate of drug-likeness (QED) is 0.808. The van der Waals surface area contributed by atoms with E-state index in [1.165, 1.54) is 18.4 Å². The molecule has 0 heterocycles. The molecule has 18 heavy (non-hydrogen) atoms. The summed E-state index contributed by atoms with van der Waals surface area (Å²) < 4.78 is 11.5. The van der Waals surface area contributed by atoms with Crippen molar-refractivity contribution in [3.63, 3.8) is 0 Å². The largest absolute Gasteiger partial charge is 0.490 e. The van der Waals surface area contributed by atoms with Crippen LogP contribution in [0, 0.1) is 5.92 Å². The number of nitrogens with two attached hydrogens (primary N) is 1. The summed E-state index contributed by atoms with van der Waals surface area (Å²) in [5.41, 5.74) is 7.02. The summed E-state index contributed by atoms with van der Waals surface area (Å²) in [5, 5.41) is 0. The van der Waals surface area contributed by atoms with Crippen molar-refractivity contribution in [2.45, 2.75) is 39.2 Å². The second-order valence-corrected chi connectivity index (χ2v) is 5.15. The van der Waals surface area contributed by atoms with Gasteiger partial charge in [0.25, 0.3) is 0 Å². The third-order valence-electron chi connectivity index (χ3n) is 3.04. The Kier molecular flexibility index (Phi) is 4.48. The van der Waals surface area contributed by atoms with Crippen molar-refractivity contribution in [2.75, 3.05) is 13.2 Å². The summed E-state index contributed by atoms with van der Waals surface area (Å²) >= 11 is 0. The lowest BCUT2D eigenvalue weighted by Crippen LogP contribution is -2.17. The number of ether oxygens (including phenoxy) is 2. The number of hydrogen-bond acceptors (Lipinski definition) is 3. The highest BCUT2D eigenvalue weighted by Gasteiger charge is 2.22. The van der Waals surface area contributed by atoms with E-state index in [9.17, 15) is 0 Å². The van der Waals surface area contributed by atoms with Gasteiger partial charge < -0.3 is 15.2 Å². The van der Waals surface area contributed by atoms with E-state index in [4.69, 9.17) is 15.2 Å². The van der Waals surface area contributed by atoms with Crippen molar-refractivity contribution in [3.05, 3.63) is 23.8 Å². The van der Waals surface area contributed by atoms with Crippen LogP contribution in [0.4, 0.5) is 0 Å². The number of hydrogen-bond donors (Lipinski definition) is 1. The lowest BCUT2D eigenvalue weighted by Gasteiger charge is -2.14. The highest BCUT2D eigenvalue weighted by Crippen LogP contribution is 2.33. The van der Waals surface area contributed by atoms with Crippen LogP contribution >= 0.6 is 0 Å². The van der Waals surface area contributed by atoms with Crippen molar-refractivity contribution in [1.82, 2.24) is 0 Å². The van der Waals surface area contributed by atoms with Crippen LogP contribution in [0.15, 0.2) is 18.2 Å². The molecule has 0 amide bonds. The molecule has 100 valence electrons. The standard InChI is InChI=1S/C15H23NO2/c1-3-17-15-9-13(8-11(2)16)6-7-14(15)18-10-12-4-5-12/h6-7,9,11-12H,3-5,8,10,16H2,1-2H3. The molecule has 1 aliphatic carbocycles. The second kappa shape index (κ2) is 6.10. The molecule has 3 nitrogen and oxygen atoms in total. The van der Waals surface area contributed by atoms with E-state index in [1.807, 2.05) is 19.9 Å². The van der Waals surface area contributed by atoms with Crippen LogP contribution in [-0.2, 0) is 6.42 Å². The third kappa shape index (κ3) is 3.91. The number of benzene rings is 1. The Bertz CT molecular complexity index is 386. The molecule has 1 fully saturated rings. The van der Waals surface area contributed by atoms with Gasteiger partial charge in [-0.15, -0.1) is 0 Å². The highest BCUT2D eigenvalue weighted by molar-refractivity contribution is 5.43. The monoisotopic (exact) mass is 249 g/mol. The summed E-state index contributed by atoms with van der Waals surface area (Å²) in [6, 6.07) is 6.30. The van der Waals surface area contributed by atoms with Gasteiger partial charge in [0.15, 0.2) is 11.5 Å². The zero-order valence-electron chi connectivity index (χ0n) is 11.3. The lowest BCUT2D eigenvalue weighted by molar-refractivity contribution is 0.266. The molecule has 0 aliphatic heterocycles. The van der Waals surface area contributed by atoms with Gasteiger partial charge in [-0.3, -0.25) is 0 Å². The van der Waals surface area contributed by atoms with E-state index in [0.717, 1.165) is 30.4 Å². The maximum atomic E-state index is 5.82. The minimum Gasteiger partial charge on any atom is -0.490 e. The van der Waals surface area contributed by atoms with Gasteiger partial charge >= 0.3 is 0 Å². The molecular formula is C15H23NO2. The Hall–Kier alpha value is -1.22. The molecule has 1 saturated carbocycles. The molecule has 1 unspecified atom stereocenters. The molecule has 1 aliphatic rings. The Morgan fingerprint density at radius 1 is 1.28 bits per heavy atom. The predicted octanol–water partition coefficient (Wildman–Crippen LogP) is 2.76. The van der Waals surface area contributed by atoms with E-state index in [1.54, 1.807) is 0 Å². The van der Waals surface area contributed by atoms with Crippen molar-refractivity contribution >= 4 is 0 Å². The molecule has 0 bridgehead atoms. The van der Waals surface area contributed by atoms with Crippen LogP contribution < -0.4 is 15.2 Å². The van der Waals surface area contributed by atoms with Crippen molar-refractivity contribution in [1.29, 1.82) is 0 Å². The van der Waals surface area contributed by atoms with E-state index >= 15 is 0 Å². The van der Waals surface area contributed by atoms with Crippen molar-refractivity contribution in [2.24, 2.45) is 11.7 Å². The minimum atomic E-state index is 0.165. The van der Waals surface area contributed by atoms with Gasteiger partial charge in [0.1, 0.15) is 0 Å². The Balaban J connectivity index is 2.06. The third-order valence-corrected chi connectivity index (χ3v) is 3.04. The zero-order valence-corrected chi connectivity index (χ0v) is 11.3. The molecule has 1 aromatic rings. The molecule has 2 N–H and O–H groups in total. The van der Waals surface area contributed by atoms with Crippen LogP contribution in [0.25, 0.3) is 0 Å². The van der Waals surface area contributed by atoms with Crippen LogP contribution in [0.3, 0.4) is 0 Å². The topological polar surface area (TPSA) is 44.5 Å². The first-order valence-corrected chi connectivity index (χ1v) is 6.83. The van der Waals surface area contributed by atoms with Gasteiger partial charge in [-0.2, -0.15) is 0 Å². The molecule has 0 radical (unpaired) electrons. The molecule has 2 rings (SSSR count). The molecule has 0 spiro atoms. The summed E-state index contributed by atoms with van der Waals surface area (Å²) in [7, 11) is 0.